The minimum Gasteiger partial charge on any atom is -0.496 e. The predicted octanol–water partition coefficient (Wildman–Crippen LogP) is 5.31. The molecule has 0 radical (unpaired) electrons. The Hall–Kier alpha value is -3.39. The van der Waals surface area contributed by atoms with E-state index in [-0.39, 0.29) is 24.0 Å². The summed E-state index contributed by atoms with van der Waals surface area (Å²) in [7, 11) is 1.48. The molecule has 6 nitrogen and oxygen atoms in total. The number of amides is 2. The first kappa shape index (κ1) is 23.8. The molecule has 0 atom stereocenters. The van der Waals surface area contributed by atoms with Crippen LogP contribution in [0.2, 0.25) is 5.02 Å². The van der Waals surface area contributed by atoms with Gasteiger partial charge >= 0.3 is 0 Å². The van der Waals surface area contributed by atoms with Gasteiger partial charge in [-0.3, -0.25) is 9.59 Å². The zero-order valence-corrected chi connectivity index (χ0v) is 19.2. The average molecular weight is 489 g/mol. The standard InChI is InChI=1S/C25H23ClF2N2O4/c1-33-23-7-4-17(26)13-20(23)25(32)29-10-8-16(9-11-29)24(31)30(15-19-3-2-12-34-19)22-6-5-18(27)14-21(22)28/h2-7,12-14,16H,8-11,15H2,1H3. The van der Waals surface area contributed by atoms with Gasteiger partial charge in [0, 0.05) is 30.1 Å². The molecule has 9 heteroatoms. The zero-order valence-electron chi connectivity index (χ0n) is 18.5. The van der Waals surface area contributed by atoms with Crippen molar-refractivity contribution >= 4 is 29.1 Å². The fourth-order valence-electron chi connectivity index (χ4n) is 4.11. The topological polar surface area (TPSA) is 63.0 Å². The minimum absolute atomic E-state index is 0.00719. The van der Waals surface area contributed by atoms with Gasteiger partial charge in [-0.05, 0) is 55.3 Å². The Bertz CT molecular complexity index is 1180. The molecule has 1 fully saturated rings. The number of furan rings is 1. The first-order valence-corrected chi connectivity index (χ1v) is 11.2. The van der Waals surface area contributed by atoms with E-state index in [1.54, 1.807) is 35.2 Å². The van der Waals surface area contributed by atoms with E-state index >= 15 is 0 Å². The maximum Gasteiger partial charge on any atom is 0.257 e. The summed E-state index contributed by atoms with van der Waals surface area (Å²) < 4.78 is 38.7. The van der Waals surface area contributed by atoms with E-state index in [1.807, 2.05) is 0 Å². The molecule has 3 aromatic rings. The summed E-state index contributed by atoms with van der Waals surface area (Å²) in [5, 5.41) is 0.420. The van der Waals surface area contributed by atoms with Crippen molar-refractivity contribution in [2.24, 2.45) is 5.92 Å². The Labute approximate surface area is 200 Å². The molecule has 2 amide bonds. The molecule has 1 aromatic heterocycles. The van der Waals surface area contributed by atoms with Crippen LogP contribution in [0.4, 0.5) is 14.5 Å². The largest absolute Gasteiger partial charge is 0.496 e. The lowest BCUT2D eigenvalue weighted by molar-refractivity contribution is -0.123. The van der Waals surface area contributed by atoms with Crippen molar-refractivity contribution in [3.05, 3.63) is 82.8 Å². The highest BCUT2D eigenvalue weighted by molar-refractivity contribution is 6.31. The average Bonchev–Trinajstić information content (AvgIpc) is 3.35. The number of nitrogens with zero attached hydrogens (tertiary/aromatic N) is 2. The quantitative estimate of drug-likeness (QED) is 0.472. The Morgan fingerprint density at radius 3 is 2.56 bits per heavy atom. The molecule has 1 saturated heterocycles. The van der Waals surface area contributed by atoms with Crippen LogP contribution in [-0.2, 0) is 11.3 Å². The second-order valence-corrected chi connectivity index (χ2v) is 8.45. The summed E-state index contributed by atoms with van der Waals surface area (Å²) in [5.74, 6) is -1.65. The van der Waals surface area contributed by atoms with Crippen molar-refractivity contribution in [1.82, 2.24) is 4.90 Å². The third-order valence-corrected chi connectivity index (χ3v) is 6.12. The van der Waals surface area contributed by atoms with E-state index in [9.17, 15) is 18.4 Å². The second-order valence-electron chi connectivity index (χ2n) is 8.01. The summed E-state index contributed by atoms with van der Waals surface area (Å²) in [6.07, 6.45) is 2.25. The SMILES string of the molecule is COc1ccc(Cl)cc1C(=O)N1CCC(C(=O)N(Cc2ccco2)c2ccc(F)cc2F)CC1. The van der Waals surface area contributed by atoms with E-state index in [0.717, 1.165) is 12.1 Å². The highest BCUT2D eigenvalue weighted by Crippen LogP contribution is 2.30. The number of anilines is 1. The number of methoxy groups -OCH3 is 1. The van der Waals surface area contributed by atoms with Crippen LogP contribution >= 0.6 is 11.6 Å². The van der Waals surface area contributed by atoms with Crippen LogP contribution in [-0.4, -0.2) is 36.9 Å². The van der Waals surface area contributed by atoms with Gasteiger partial charge in [-0.15, -0.1) is 0 Å². The van der Waals surface area contributed by atoms with Crippen LogP contribution in [0.3, 0.4) is 0 Å². The smallest absolute Gasteiger partial charge is 0.257 e. The van der Waals surface area contributed by atoms with Crippen LogP contribution in [0.15, 0.2) is 59.2 Å². The summed E-state index contributed by atoms with van der Waals surface area (Å²) in [4.78, 5) is 29.4. The lowest BCUT2D eigenvalue weighted by atomic mass is 9.94. The maximum atomic E-state index is 14.6. The van der Waals surface area contributed by atoms with Gasteiger partial charge < -0.3 is 19.0 Å². The number of carbonyl (C=O) groups excluding carboxylic acids is 2. The van der Waals surface area contributed by atoms with Crippen molar-refractivity contribution in [2.75, 3.05) is 25.1 Å². The Kier molecular flexibility index (Phi) is 7.17. The van der Waals surface area contributed by atoms with Gasteiger partial charge in [0.15, 0.2) is 0 Å². The molecule has 0 N–H and O–H groups in total. The van der Waals surface area contributed by atoms with Crippen molar-refractivity contribution in [1.29, 1.82) is 0 Å². The normalized spacial score (nSPS) is 14.2. The Morgan fingerprint density at radius 2 is 1.91 bits per heavy atom. The predicted molar refractivity (Wildman–Crippen MR) is 123 cm³/mol. The number of halogens is 3. The Morgan fingerprint density at radius 1 is 1.15 bits per heavy atom. The van der Waals surface area contributed by atoms with E-state index < -0.39 is 17.6 Å². The second kappa shape index (κ2) is 10.3. The summed E-state index contributed by atoms with van der Waals surface area (Å²) in [6.45, 7) is 0.685. The van der Waals surface area contributed by atoms with Crippen LogP contribution in [0, 0.1) is 17.6 Å². The molecule has 0 aliphatic carbocycles. The first-order chi connectivity index (χ1) is 16.4. The third kappa shape index (κ3) is 5.07. The number of carbonyl (C=O) groups is 2. The van der Waals surface area contributed by atoms with Gasteiger partial charge in [0.2, 0.25) is 5.91 Å². The van der Waals surface area contributed by atoms with E-state index in [1.165, 1.54) is 24.3 Å². The van der Waals surface area contributed by atoms with E-state index in [4.69, 9.17) is 20.8 Å². The minimum atomic E-state index is -0.833. The number of rotatable bonds is 6. The fourth-order valence-corrected chi connectivity index (χ4v) is 4.28. The molecule has 34 heavy (non-hydrogen) atoms. The molecule has 0 unspecified atom stereocenters. The number of likely N-dealkylation sites (tertiary alicyclic amines) is 1. The molecule has 2 aromatic carbocycles. The van der Waals surface area contributed by atoms with Crippen LogP contribution in [0.25, 0.3) is 0 Å². The van der Waals surface area contributed by atoms with Crippen LogP contribution in [0.1, 0.15) is 29.0 Å². The molecular formula is C25H23ClF2N2O4. The molecule has 4 rings (SSSR count). The molecule has 0 saturated carbocycles. The molecule has 1 aliphatic rings. The number of benzene rings is 2. The summed E-state index contributed by atoms with van der Waals surface area (Å²) in [5.41, 5.74) is 0.331. The highest BCUT2D eigenvalue weighted by Gasteiger charge is 2.33. The Balaban J connectivity index is 1.50. The monoisotopic (exact) mass is 488 g/mol. The molecule has 1 aliphatic heterocycles. The molecule has 0 bridgehead atoms. The van der Waals surface area contributed by atoms with Crippen molar-refractivity contribution < 1.29 is 27.5 Å². The first-order valence-electron chi connectivity index (χ1n) is 10.8. The summed E-state index contributed by atoms with van der Waals surface area (Å²) in [6, 6.07) is 11.3. The third-order valence-electron chi connectivity index (χ3n) is 5.88. The van der Waals surface area contributed by atoms with Gasteiger partial charge in [0.05, 0.1) is 31.2 Å². The summed E-state index contributed by atoms with van der Waals surface area (Å²) >= 11 is 6.06. The van der Waals surface area contributed by atoms with Gasteiger partial charge in [-0.25, -0.2) is 8.78 Å². The van der Waals surface area contributed by atoms with Crippen LogP contribution < -0.4 is 9.64 Å². The lowest BCUT2D eigenvalue weighted by Crippen LogP contribution is -2.44. The number of hydrogen-bond acceptors (Lipinski definition) is 4. The van der Waals surface area contributed by atoms with Gasteiger partial charge in [0.1, 0.15) is 23.1 Å². The number of ether oxygens (including phenoxy) is 1. The van der Waals surface area contributed by atoms with Gasteiger partial charge in [-0.2, -0.15) is 0 Å². The van der Waals surface area contributed by atoms with Crippen LogP contribution in [0.5, 0.6) is 5.75 Å². The fraction of sp³-hybridized carbons (Fsp3) is 0.280. The van der Waals surface area contributed by atoms with Crippen molar-refractivity contribution in [3.63, 3.8) is 0 Å². The van der Waals surface area contributed by atoms with Crippen molar-refractivity contribution in [2.45, 2.75) is 19.4 Å². The van der Waals surface area contributed by atoms with E-state index in [2.05, 4.69) is 0 Å². The maximum absolute atomic E-state index is 14.6. The van der Waals surface area contributed by atoms with Gasteiger partial charge in [0.25, 0.3) is 5.91 Å². The molecule has 2 heterocycles. The molecular weight excluding hydrogens is 466 g/mol. The van der Waals surface area contributed by atoms with Gasteiger partial charge in [-0.1, -0.05) is 11.6 Å². The van der Waals surface area contributed by atoms with E-state index in [0.29, 0.717) is 48.0 Å². The highest BCUT2D eigenvalue weighted by atomic mass is 35.5. The number of hydrogen-bond donors (Lipinski definition) is 0. The number of piperidine rings is 1. The zero-order chi connectivity index (χ0) is 24.2. The van der Waals surface area contributed by atoms with Crippen molar-refractivity contribution in [3.8, 4) is 5.75 Å². The molecule has 0 spiro atoms. The molecule has 178 valence electrons. The lowest BCUT2D eigenvalue weighted by Gasteiger charge is -2.34.